The third-order valence-corrected chi connectivity index (χ3v) is 9.21. The van der Waals surface area contributed by atoms with Crippen LogP contribution in [0.4, 0.5) is 18.9 Å². The average Bonchev–Trinajstić information content (AvgIpc) is 2.82. The highest BCUT2D eigenvalue weighted by Crippen LogP contribution is 2.39. The molecular weight excluding hydrogens is 634 g/mol. The summed E-state index contributed by atoms with van der Waals surface area (Å²) >= 11 is 0. The SMILES string of the molecule is CP(=O)(O)CN1CCN(CC(=O)Nc2c(C#N)cccc2C(F)(F)F)CCN(CP(C)(=O)O)CCN(CP(C)(=O)O)CC1. The molecule has 1 saturated heterocycles. The molecule has 0 saturated carbocycles. The Kier molecular flexibility index (Phi) is 13.6. The van der Waals surface area contributed by atoms with E-state index in [1.165, 1.54) is 20.0 Å². The zero-order valence-corrected chi connectivity index (χ0v) is 27.1. The summed E-state index contributed by atoms with van der Waals surface area (Å²) in [6.07, 6.45) is -5.35. The molecule has 3 atom stereocenters. The average molecular weight is 675 g/mol. The van der Waals surface area contributed by atoms with E-state index in [2.05, 4.69) is 5.32 Å². The number of nitrogens with one attached hydrogen (secondary N) is 1. The van der Waals surface area contributed by atoms with E-state index < -0.39 is 45.4 Å². The Morgan fingerprint density at radius 1 is 0.814 bits per heavy atom. The van der Waals surface area contributed by atoms with Gasteiger partial charge in [-0.25, -0.2) is 0 Å². The van der Waals surface area contributed by atoms with E-state index >= 15 is 0 Å². The van der Waals surface area contributed by atoms with Crippen LogP contribution in [0.3, 0.4) is 0 Å². The monoisotopic (exact) mass is 674 g/mol. The first-order valence-electron chi connectivity index (χ1n) is 13.3. The molecule has 1 aromatic carbocycles. The van der Waals surface area contributed by atoms with Crippen LogP contribution < -0.4 is 5.32 Å². The highest BCUT2D eigenvalue weighted by atomic mass is 31.2. The Balaban J connectivity index is 2.33. The van der Waals surface area contributed by atoms with Gasteiger partial charge in [0.15, 0.2) is 0 Å². The summed E-state index contributed by atoms with van der Waals surface area (Å²) < 4.78 is 77.5. The number of nitrogens with zero attached hydrogens (tertiary/aromatic N) is 5. The van der Waals surface area contributed by atoms with Gasteiger partial charge in [0, 0.05) is 72.4 Å². The second kappa shape index (κ2) is 15.6. The largest absolute Gasteiger partial charge is 0.418 e. The number of hydrogen-bond donors (Lipinski definition) is 4. The lowest BCUT2D eigenvalue weighted by atomic mass is 10.1. The molecule has 2 rings (SSSR count). The van der Waals surface area contributed by atoms with Crippen LogP contribution in [0, 0.1) is 11.3 Å². The van der Waals surface area contributed by atoms with Crippen molar-refractivity contribution in [2.75, 3.05) is 103 Å². The predicted octanol–water partition coefficient (Wildman–Crippen LogP) is 2.31. The Morgan fingerprint density at radius 2 is 1.19 bits per heavy atom. The summed E-state index contributed by atoms with van der Waals surface area (Å²) in [6.45, 7) is 4.82. The van der Waals surface area contributed by atoms with E-state index in [1.54, 1.807) is 25.7 Å². The molecule has 0 bridgehead atoms. The first-order valence-corrected chi connectivity index (χ1v) is 20.2. The maximum Gasteiger partial charge on any atom is 0.418 e. The van der Waals surface area contributed by atoms with E-state index in [9.17, 15) is 51.6 Å². The Bertz CT molecular complexity index is 1250. The van der Waals surface area contributed by atoms with E-state index in [4.69, 9.17) is 0 Å². The Hall–Kier alpha value is -1.62. The number of anilines is 1. The zero-order valence-electron chi connectivity index (χ0n) is 24.4. The van der Waals surface area contributed by atoms with Gasteiger partial charge in [0.1, 0.15) is 6.07 Å². The third kappa shape index (κ3) is 14.8. The molecular formula is C24H40F3N6O7P3. The predicted molar refractivity (Wildman–Crippen MR) is 158 cm³/mol. The second-order valence-corrected chi connectivity index (χ2v) is 18.2. The molecule has 19 heteroatoms. The van der Waals surface area contributed by atoms with Crippen molar-refractivity contribution >= 4 is 33.7 Å². The molecule has 0 aromatic heterocycles. The van der Waals surface area contributed by atoms with Crippen molar-refractivity contribution in [3.8, 4) is 6.07 Å². The van der Waals surface area contributed by atoms with Crippen LogP contribution in [0.2, 0.25) is 0 Å². The first-order chi connectivity index (χ1) is 19.6. The summed E-state index contributed by atoms with van der Waals surface area (Å²) in [5.41, 5.74) is -2.18. The van der Waals surface area contributed by atoms with Gasteiger partial charge in [-0.05, 0) is 12.1 Å². The van der Waals surface area contributed by atoms with Crippen LogP contribution in [0.25, 0.3) is 0 Å². The topological polar surface area (TPSA) is 178 Å². The number of amides is 1. The lowest BCUT2D eigenvalue weighted by Crippen LogP contribution is -2.47. The molecule has 3 unspecified atom stereocenters. The van der Waals surface area contributed by atoms with Crippen LogP contribution in [-0.2, 0) is 24.7 Å². The summed E-state index contributed by atoms with van der Waals surface area (Å²) in [4.78, 5) is 49.7. The molecule has 244 valence electrons. The van der Waals surface area contributed by atoms with E-state index in [-0.39, 0.29) is 83.3 Å². The molecule has 1 aliphatic heterocycles. The van der Waals surface area contributed by atoms with Crippen LogP contribution >= 0.6 is 22.1 Å². The van der Waals surface area contributed by atoms with Gasteiger partial charge in [-0.3, -0.25) is 38.1 Å². The third-order valence-electron chi connectivity index (χ3n) is 6.44. The van der Waals surface area contributed by atoms with Crippen molar-refractivity contribution in [3.05, 3.63) is 29.3 Å². The second-order valence-electron chi connectivity index (χ2n) is 11.1. The fourth-order valence-electron chi connectivity index (χ4n) is 4.67. The molecule has 4 N–H and O–H groups in total. The van der Waals surface area contributed by atoms with Gasteiger partial charge >= 0.3 is 6.18 Å². The number of alkyl halides is 3. The minimum Gasteiger partial charge on any atom is -0.344 e. The van der Waals surface area contributed by atoms with Crippen molar-refractivity contribution in [3.63, 3.8) is 0 Å². The molecule has 0 radical (unpaired) electrons. The lowest BCUT2D eigenvalue weighted by molar-refractivity contribution is -0.137. The lowest BCUT2D eigenvalue weighted by Gasteiger charge is -2.34. The standard InChI is InChI=1S/C24H40F3N6O7P3/c1-41(35,36)17-31-9-7-30(16-22(34)29-23-20(15-28)5-4-6-21(23)24(25,26)27)8-10-32(18-42(2,37)38)12-14-33(13-11-31)19-43(3,39)40/h4-6H,7-14,16-19H2,1-3H3,(H,29,34)(H,35,36)(H,37,38)(H,39,40). The summed E-state index contributed by atoms with van der Waals surface area (Å²) in [7, 11) is -10.5. The van der Waals surface area contributed by atoms with Crippen molar-refractivity contribution in [2.45, 2.75) is 6.18 Å². The molecule has 0 aliphatic carbocycles. The van der Waals surface area contributed by atoms with Gasteiger partial charge in [0.25, 0.3) is 0 Å². The number of hydrogen-bond acceptors (Lipinski definition) is 9. The van der Waals surface area contributed by atoms with E-state index in [0.29, 0.717) is 0 Å². The molecule has 1 aromatic rings. The number of para-hydroxylation sites is 1. The van der Waals surface area contributed by atoms with Crippen molar-refractivity contribution < 1.29 is 46.3 Å². The number of halogens is 3. The van der Waals surface area contributed by atoms with E-state index in [0.717, 1.165) is 18.2 Å². The van der Waals surface area contributed by atoms with Gasteiger partial charge < -0.3 is 20.0 Å². The minimum absolute atomic E-state index is 0.141. The smallest absolute Gasteiger partial charge is 0.344 e. The normalized spacial score (nSPS) is 21.8. The molecule has 43 heavy (non-hydrogen) atoms. The maximum atomic E-state index is 13.6. The van der Waals surface area contributed by atoms with Gasteiger partial charge in [0.05, 0.1) is 42.2 Å². The van der Waals surface area contributed by atoms with Crippen molar-refractivity contribution in [1.82, 2.24) is 19.6 Å². The van der Waals surface area contributed by atoms with Crippen LogP contribution in [0.15, 0.2) is 18.2 Å². The molecule has 0 spiro atoms. The highest BCUT2D eigenvalue weighted by molar-refractivity contribution is 7.57. The van der Waals surface area contributed by atoms with Crippen LogP contribution in [-0.4, -0.2) is 138 Å². The molecule has 1 fully saturated rings. The quantitative estimate of drug-likeness (QED) is 0.282. The highest BCUT2D eigenvalue weighted by Gasteiger charge is 2.35. The number of carbonyl (C=O) groups excluding carboxylic acids is 1. The van der Waals surface area contributed by atoms with Gasteiger partial charge in [-0.15, -0.1) is 0 Å². The fourth-order valence-corrected chi connectivity index (χ4v) is 7.75. The number of benzene rings is 1. The zero-order chi connectivity index (χ0) is 32.6. The van der Waals surface area contributed by atoms with Crippen molar-refractivity contribution in [1.29, 1.82) is 5.26 Å². The maximum absolute atomic E-state index is 13.6. The van der Waals surface area contributed by atoms with E-state index in [1.807, 2.05) is 0 Å². The number of rotatable bonds is 9. The van der Waals surface area contributed by atoms with Gasteiger partial charge in [-0.2, -0.15) is 18.4 Å². The van der Waals surface area contributed by atoms with Crippen LogP contribution in [0.1, 0.15) is 11.1 Å². The summed E-state index contributed by atoms with van der Waals surface area (Å²) in [5, 5.41) is 11.6. The molecule has 13 nitrogen and oxygen atoms in total. The molecule has 1 heterocycles. The van der Waals surface area contributed by atoms with Crippen LogP contribution in [0.5, 0.6) is 0 Å². The number of nitriles is 1. The minimum atomic E-state index is -4.82. The first kappa shape index (κ1) is 37.6. The Labute approximate surface area is 249 Å². The van der Waals surface area contributed by atoms with Crippen molar-refractivity contribution in [2.24, 2.45) is 0 Å². The Morgan fingerprint density at radius 3 is 1.51 bits per heavy atom. The van der Waals surface area contributed by atoms with Gasteiger partial charge in [-0.1, -0.05) is 6.07 Å². The number of carbonyl (C=O) groups is 1. The summed E-state index contributed by atoms with van der Waals surface area (Å²) in [5.74, 6) is -0.821. The molecule has 1 amide bonds. The summed E-state index contributed by atoms with van der Waals surface area (Å²) in [6, 6.07) is 4.64. The fraction of sp³-hybridized carbons (Fsp3) is 0.667. The molecule has 1 aliphatic rings. The van der Waals surface area contributed by atoms with Gasteiger partial charge in [0.2, 0.25) is 28.0 Å².